The van der Waals surface area contributed by atoms with Crippen LogP contribution < -0.4 is 5.48 Å². The number of thiazole rings is 1. The van der Waals surface area contributed by atoms with E-state index in [0.29, 0.717) is 18.1 Å². The molecule has 0 atom stereocenters. The van der Waals surface area contributed by atoms with Gasteiger partial charge in [-0.3, -0.25) is 9.63 Å². The lowest BCUT2D eigenvalue weighted by atomic mass is 10.2. The maximum Gasteiger partial charge on any atom is 0.249 e. The number of hydrogen-bond acceptors (Lipinski definition) is 5. The Labute approximate surface area is 131 Å². The van der Waals surface area contributed by atoms with Crippen LogP contribution in [0.25, 0.3) is 10.8 Å². The van der Waals surface area contributed by atoms with Crippen LogP contribution in [0.2, 0.25) is 0 Å². The van der Waals surface area contributed by atoms with Crippen molar-refractivity contribution >= 4 is 17.2 Å². The number of nitrogens with one attached hydrogen (secondary N) is 1. The molecule has 0 fully saturated rings. The first kappa shape index (κ1) is 14.5. The maximum atomic E-state index is 11.8. The number of aromatic nitrogens is 1. The van der Waals surface area contributed by atoms with E-state index in [2.05, 4.69) is 10.5 Å². The zero-order valence-electron chi connectivity index (χ0n) is 11.7. The number of carbonyl (C=O) groups is 1. The highest BCUT2D eigenvalue weighted by molar-refractivity contribution is 7.13. The van der Waals surface area contributed by atoms with Crippen LogP contribution in [0.3, 0.4) is 0 Å². The molecule has 112 valence electrons. The Hall–Kier alpha value is -2.44. The molecule has 1 amide bonds. The summed E-state index contributed by atoms with van der Waals surface area (Å²) in [7, 11) is 0. The molecule has 0 aliphatic carbocycles. The third-order valence-electron chi connectivity index (χ3n) is 2.89. The lowest BCUT2D eigenvalue weighted by Gasteiger charge is -2.04. The molecule has 5 nitrogen and oxygen atoms in total. The summed E-state index contributed by atoms with van der Waals surface area (Å²) in [5.74, 6) is 0.476. The van der Waals surface area contributed by atoms with Gasteiger partial charge in [0.05, 0.1) is 25.0 Å². The van der Waals surface area contributed by atoms with Crippen LogP contribution in [-0.4, -0.2) is 10.9 Å². The fourth-order valence-electron chi connectivity index (χ4n) is 1.88. The SMILES string of the molecule is O=C(Cc1csc(-c2ccco2)n1)NOCc1ccccc1. The van der Waals surface area contributed by atoms with Gasteiger partial charge in [0.15, 0.2) is 10.8 Å². The van der Waals surface area contributed by atoms with Crippen molar-refractivity contribution in [2.75, 3.05) is 0 Å². The first-order valence-corrected chi connectivity index (χ1v) is 7.62. The second-order valence-corrected chi connectivity index (χ2v) is 5.46. The number of amides is 1. The fraction of sp³-hybridized carbons (Fsp3) is 0.125. The molecular weight excluding hydrogens is 300 g/mol. The average Bonchev–Trinajstić information content (AvgIpc) is 3.19. The second-order valence-electron chi connectivity index (χ2n) is 4.60. The predicted octanol–water partition coefficient (Wildman–Crippen LogP) is 3.19. The quantitative estimate of drug-likeness (QED) is 0.710. The molecule has 2 aromatic heterocycles. The Bertz CT molecular complexity index is 723. The van der Waals surface area contributed by atoms with E-state index in [0.717, 1.165) is 10.6 Å². The highest BCUT2D eigenvalue weighted by Gasteiger charge is 2.10. The fourth-order valence-corrected chi connectivity index (χ4v) is 2.66. The summed E-state index contributed by atoms with van der Waals surface area (Å²) in [6.45, 7) is 0.335. The van der Waals surface area contributed by atoms with Gasteiger partial charge >= 0.3 is 0 Å². The Morgan fingerprint density at radius 3 is 2.86 bits per heavy atom. The summed E-state index contributed by atoms with van der Waals surface area (Å²) < 4.78 is 5.27. The lowest BCUT2D eigenvalue weighted by molar-refractivity contribution is -0.133. The first-order chi connectivity index (χ1) is 10.8. The summed E-state index contributed by atoms with van der Waals surface area (Å²) in [4.78, 5) is 21.4. The third-order valence-corrected chi connectivity index (χ3v) is 3.80. The van der Waals surface area contributed by atoms with Crippen molar-refractivity contribution < 1.29 is 14.0 Å². The minimum absolute atomic E-state index is 0.173. The largest absolute Gasteiger partial charge is 0.462 e. The van der Waals surface area contributed by atoms with E-state index >= 15 is 0 Å². The van der Waals surface area contributed by atoms with E-state index in [1.54, 1.807) is 12.3 Å². The van der Waals surface area contributed by atoms with Gasteiger partial charge in [-0.25, -0.2) is 10.5 Å². The van der Waals surface area contributed by atoms with Crippen molar-refractivity contribution in [3.05, 3.63) is 65.4 Å². The second kappa shape index (κ2) is 7.02. The summed E-state index contributed by atoms with van der Waals surface area (Å²) in [5.41, 5.74) is 4.11. The van der Waals surface area contributed by atoms with Crippen LogP contribution in [-0.2, 0) is 22.7 Å². The summed E-state index contributed by atoms with van der Waals surface area (Å²) in [6.07, 6.45) is 1.77. The van der Waals surface area contributed by atoms with Gasteiger partial charge in [0.2, 0.25) is 5.91 Å². The molecule has 6 heteroatoms. The number of hydrogen-bond donors (Lipinski definition) is 1. The van der Waals surface area contributed by atoms with Crippen LogP contribution in [0.15, 0.2) is 58.5 Å². The van der Waals surface area contributed by atoms with Gasteiger partial charge in [0, 0.05) is 5.38 Å². The molecule has 2 heterocycles. The highest BCUT2D eigenvalue weighted by Crippen LogP contribution is 2.23. The molecule has 0 aliphatic heterocycles. The van der Waals surface area contributed by atoms with Crippen LogP contribution in [0.1, 0.15) is 11.3 Å². The van der Waals surface area contributed by atoms with E-state index in [4.69, 9.17) is 9.25 Å². The van der Waals surface area contributed by atoms with Crippen molar-refractivity contribution in [1.82, 2.24) is 10.5 Å². The monoisotopic (exact) mass is 314 g/mol. The molecule has 1 aromatic carbocycles. The minimum Gasteiger partial charge on any atom is -0.462 e. The number of furan rings is 1. The molecule has 3 rings (SSSR count). The summed E-state index contributed by atoms with van der Waals surface area (Å²) in [6, 6.07) is 13.3. The van der Waals surface area contributed by atoms with Crippen LogP contribution >= 0.6 is 11.3 Å². The molecule has 22 heavy (non-hydrogen) atoms. The topological polar surface area (TPSA) is 64.4 Å². The molecule has 1 N–H and O–H groups in total. The molecule has 0 spiro atoms. The van der Waals surface area contributed by atoms with Gasteiger partial charge < -0.3 is 4.42 Å². The predicted molar refractivity (Wildman–Crippen MR) is 82.9 cm³/mol. The van der Waals surface area contributed by atoms with Crippen molar-refractivity contribution in [3.8, 4) is 10.8 Å². The van der Waals surface area contributed by atoms with E-state index in [9.17, 15) is 4.79 Å². The van der Waals surface area contributed by atoms with Crippen molar-refractivity contribution in [2.24, 2.45) is 0 Å². The van der Waals surface area contributed by atoms with Gasteiger partial charge in [0.25, 0.3) is 0 Å². The van der Waals surface area contributed by atoms with E-state index < -0.39 is 0 Å². The first-order valence-electron chi connectivity index (χ1n) is 6.74. The maximum absolute atomic E-state index is 11.8. The average molecular weight is 314 g/mol. The van der Waals surface area contributed by atoms with Crippen LogP contribution in [0.4, 0.5) is 0 Å². The molecule has 3 aromatic rings. The van der Waals surface area contributed by atoms with Gasteiger partial charge in [-0.05, 0) is 17.7 Å². The Morgan fingerprint density at radius 1 is 1.23 bits per heavy atom. The Kier molecular flexibility index (Phi) is 4.62. The Balaban J connectivity index is 1.48. The third kappa shape index (κ3) is 3.81. The number of carbonyl (C=O) groups excluding carboxylic acids is 1. The van der Waals surface area contributed by atoms with Gasteiger partial charge in [0.1, 0.15) is 0 Å². The molecule has 0 radical (unpaired) electrons. The van der Waals surface area contributed by atoms with Crippen molar-refractivity contribution in [1.29, 1.82) is 0 Å². The smallest absolute Gasteiger partial charge is 0.249 e. The molecule has 0 unspecified atom stereocenters. The van der Waals surface area contributed by atoms with Gasteiger partial charge in [-0.1, -0.05) is 30.3 Å². The zero-order valence-corrected chi connectivity index (χ0v) is 12.5. The van der Waals surface area contributed by atoms with Gasteiger partial charge in [-0.2, -0.15) is 0 Å². The number of hydroxylamine groups is 1. The molecule has 0 bridgehead atoms. The van der Waals surface area contributed by atoms with Crippen LogP contribution in [0, 0.1) is 0 Å². The Morgan fingerprint density at radius 2 is 2.09 bits per heavy atom. The van der Waals surface area contributed by atoms with E-state index in [1.807, 2.05) is 41.8 Å². The minimum atomic E-state index is -0.229. The summed E-state index contributed by atoms with van der Waals surface area (Å²) >= 11 is 1.44. The highest BCUT2D eigenvalue weighted by atomic mass is 32.1. The summed E-state index contributed by atoms with van der Waals surface area (Å²) in [5, 5.41) is 2.60. The normalized spacial score (nSPS) is 10.5. The lowest BCUT2D eigenvalue weighted by Crippen LogP contribution is -2.25. The standard InChI is InChI=1S/C16H14N2O3S/c19-15(18-21-10-12-5-2-1-3-6-12)9-13-11-22-16(17-13)14-7-4-8-20-14/h1-8,11H,9-10H2,(H,18,19). The zero-order chi connectivity index (χ0) is 15.2. The molecule has 0 aliphatic rings. The van der Waals surface area contributed by atoms with Crippen molar-refractivity contribution in [3.63, 3.8) is 0 Å². The number of nitrogens with zero attached hydrogens (tertiary/aromatic N) is 1. The van der Waals surface area contributed by atoms with E-state index in [-0.39, 0.29) is 12.3 Å². The van der Waals surface area contributed by atoms with E-state index in [1.165, 1.54) is 11.3 Å². The van der Waals surface area contributed by atoms with Gasteiger partial charge in [-0.15, -0.1) is 11.3 Å². The molecule has 0 saturated carbocycles. The number of benzene rings is 1. The van der Waals surface area contributed by atoms with Crippen LogP contribution in [0.5, 0.6) is 0 Å². The van der Waals surface area contributed by atoms with Crippen molar-refractivity contribution in [2.45, 2.75) is 13.0 Å². The molecule has 0 saturated heterocycles. The molecular formula is C16H14N2O3S. The number of rotatable bonds is 6.